The first-order valence-corrected chi connectivity index (χ1v) is 9.30. The molecule has 0 aliphatic rings. The first kappa shape index (κ1) is 18.8. The van der Waals surface area contributed by atoms with E-state index in [1.54, 1.807) is 6.07 Å². The summed E-state index contributed by atoms with van der Waals surface area (Å²) in [5.41, 5.74) is 2.96. The van der Waals surface area contributed by atoms with Crippen molar-refractivity contribution in [2.24, 2.45) is 0 Å². The van der Waals surface area contributed by atoms with Crippen molar-refractivity contribution in [3.8, 4) is 0 Å². The number of nitrogens with one attached hydrogen (secondary N) is 2. The number of aryl methyl sites for hydroxylation is 1. The average Bonchev–Trinajstić information content (AvgIpc) is 2.92. The van der Waals surface area contributed by atoms with E-state index in [0.717, 1.165) is 10.0 Å². The van der Waals surface area contributed by atoms with Gasteiger partial charge in [0.15, 0.2) is 10.9 Å². The third-order valence-electron chi connectivity index (χ3n) is 3.59. The molecule has 1 aromatic heterocycles. The molecule has 26 heavy (non-hydrogen) atoms. The fourth-order valence-electron chi connectivity index (χ4n) is 2.29. The quantitative estimate of drug-likeness (QED) is 0.504. The maximum absolute atomic E-state index is 13.2. The van der Waals surface area contributed by atoms with Gasteiger partial charge in [-0.05, 0) is 58.8 Å². The number of hydrogen-bond donors (Lipinski definition) is 2. The Balaban J connectivity index is 1.65. The van der Waals surface area contributed by atoms with Crippen LogP contribution in [0.4, 0.5) is 15.9 Å². The van der Waals surface area contributed by atoms with Crippen LogP contribution >= 0.6 is 39.7 Å². The molecule has 0 unspecified atom stereocenters. The average molecular weight is 454 g/mol. The Bertz CT molecular complexity index is 943. The van der Waals surface area contributed by atoms with Gasteiger partial charge in [-0.25, -0.2) is 4.39 Å². The summed E-state index contributed by atoms with van der Waals surface area (Å²) in [7, 11) is 0. The predicted octanol–water partition coefficient (Wildman–Crippen LogP) is 5.60. The van der Waals surface area contributed by atoms with Crippen LogP contribution in [0.5, 0.6) is 0 Å². The highest BCUT2D eigenvalue weighted by atomic mass is 79.9. The second-order valence-corrected chi connectivity index (χ2v) is 7.39. The van der Waals surface area contributed by atoms with Crippen molar-refractivity contribution in [2.45, 2.75) is 13.5 Å². The number of nitrogens with zero attached hydrogens (tertiary/aromatic N) is 2. The first-order valence-electron chi connectivity index (χ1n) is 7.72. The molecule has 0 saturated carbocycles. The monoisotopic (exact) mass is 452 g/mol. The first-order chi connectivity index (χ1) is 12.4. The van der Waals surface area contributed by atoms with Crippen molar-refractivity contribution in [3.63, 3.8) is 0 Å². The van der Waals surface area contributed by atoms with Crippen molar-refractivity contribution in [2.75, 3.05) is 10.6 Å². The Morgan fingerprint density at radius 1 is 1.23 bits per heavy atom. The van der Waals surface area contributed by atoms with Gasteiger partial charge in [-0.2, -0.15) is 5.10 Å². The fourth-order valence-corrected chi connectivity index (χ4v) is 3.10. The van der Waals surface area contributed by atoms with E-state index in [4.69, 9.17) is 23.8 Å². The van der Waals surface area contributed by atoms with Gasteiger partial charge in [0.1, 0.15) is 5.82 Å². The maximum atomic E-state index is 13.2. The van der Waals surface area contributed by atoms with Crippen molar-refractivity contribution in [1.29, 1.82) is 0 Å². The van der Waals surface area contributed by atoms with E-state index >= 15 is 0 Å². The molecule has 0 atom stereocenters. The van der Waals surface area contributed by atoms with Gasteiger partial charge in [-0.1, -0.05) is 41.4 Å². The summed E-state index contributed by atoms with van der Waals surface area (Å²) in [6.07, 6.45) is 1.87. The summed E-state index contributed by atoms with van der Waals surface area (Å²) in [4.78, 5) is 0. The normalized spacial score (nSPS) is 10.6. The van der Waals surface area contributed by atoms with Crippen molar-refractivity contribution < 1.29 is 4.39 Å². The summed E-state index contributed by atoms with van der Waals surface area (Å²) < 4.78 is 15.8. The lowest BCUT2D eigenvalue weighted by molar-refractivity contribution is 0.628. The molecule has 4 nitrogen and oxygen atoms in total. The molecule has 0 spiro atoms. The van der Waals surface area contributed by atoms with Gasteiger partial charge in [0.05, 0.1) is 16.0 Å². The van der Waals surface area contributed by atoms with Crippen LogP contribution in [0.15, 0.2) is 53.1 Å². The van der Waals surface area contributed by atoms with Gasteiger partial charge in [0, 0.05) is 11.9 Å². The zero-order chi connectivity index (χ0) is 18.7. The Kier molecular flexibility index (Phi) is 5.90. The van der Waals surface area contributed by atoms with Crippen LogP contribution in [0.2, 0.25) is 5.02 Å². The van der Waals surface area contributed by atoms with Crippen molar-refractivity contribution >= 4 is 56.4 Å². The highest BCUT2D eigenvalue weighted by Gasteiger charge is 2.10. The Morgan fingerprint density at radius 2 is 1.96 bits per heavy atom. The third kappa shape index (κ3) is 4.81. The van der Waals surface area contributed by atoms with Gasteiger partial charge < -0.3 is 10.6 Å². The standard InChI is InChI=1S/C18H15BrClFN4S/c1-11-2-4-12(5-3-11)9-25-10-14(19)17(24-25)23-18(26)22-13-6-7-16(21)15(20)8-13/h2-8,10H,9H2,1H3,(H2,22,23,24,26). The smallest absolute Gasteiger partial charge is 0.176 e. The van der Waals surface area contributed by atoms with Gasteiger partial charge in [-0.3, -0.25) is 4.68 Å². The van der Waals surface area contributed by atoms with Gasteiger partial charge in [-0.15, -0.1) is 0 Å². The van der Waals surface area contributed by atoms with Crippen LogP contribution in [0.25, 0.3) is 0 Å². The minimum atomic E-state index is -0.478. The molecule has 0 fully saturated rings. The lowest BCUT2D eigenvalue weighted by Crippen LogP contribution is -2.19. The van der Waals surface area contributed by atoms with E-state index in [2.05, 4.69) is 62.9 Å². The molecule has 2 aromatic carbocycles. The molecular weight excluding hydrogens is 439 g/mol. The molecule has 8 heteroatoms. The molecule has 0 aliphatic heterocycles. The largest absolute Gasteiger partial charge is 0.332 e. The van der Waals surface area contributed by atoms with E-state index in [1.807, 2.05) is 10.9 Å². The summed E-state index contributed by atoms with van der Waals surface area (Å²) in [6, 6.07) is 12.6. The molecular formula is C18H15BrClFN4S. The molecule has 2 N–H and O–H groups in total. The van der Waals surface area contributed by atoms with Crippen LogP contribution in [0, 0.1) is 12.7 Å². The molecule has 134 valence electrons. The summed E-state index contributed by atoms with van der Waals surface area (Å²) in [5.74, 6) is 0.108. The zero-order valence-electron chi connectivity index (χ0n) is 13.8. The number of hydrogen-bond acceptors (Lipinski definition) is 2. The van der Waals surface area contributed by atoms with E-state index in [-0.39, 0.29) is 5.02 Å². The van der Waals surface area contributed by atoms with Gasteiger partial charge in [0.25, 0.3) is 0 Å². The maximum Gasteiger partial charge on any atom is 0.176 e. The molecule has 0 radical (unpaired) electrons. The van der Waals surface area contributed by atoms with E-state index in [0.29, 0.717) is 23.2 Å². The SMILES string of the molecule is Cc1ccc(Cn2cc(Br)c(NC(=S)Nc3ccc(F)c(Cl)c3)n2)cc1. The number of rotatable bonds is 4. The zero-order valence-corrected chi connectivity index (χ0v) is 16.9. The third-order valence-corrected chi connectivity index (χ3v) is 4.67. The highest BCUT2D eigenvalue weighted by molar-refractivity contribution is 9.10. The fraction of sp³-hybridized carbons (Fsp3) is 0.111. The number of aromatic nitrogens is 2. The summed E-state index contributed by atoms with van der Waals surface area (Å²) in [6.45, 7) is 2.70. The minimum absolute atomic E-state index is 0.0290. The second kappa shape index (κ2) is 8.16. The second-order valence-electron chi connectivity index (χ2n) is 5.72. The molecule has 3 rings (SSSR count). The van der Waals surface area contributed by atoms with Crippen LogP contribution in [-0.2, 0) is 6.54 Å². The van der Waals surface area contributed by atoms with Crippen molar-refractivity contribution in [3.05, 3.63) is 75.1 Å². The van der Waals surface area contributed by atoms with E-state index in [9.17, 15) is 4.39 Å². The number of benzene rings is 2. The molecule has 0 bridgehead atoms. The van der Waals surface area contributed by atoms with E-state index in [1.165, 1.54) is 17.7 Å². The number of halogens is 3. The summed E-state index contributed by atoms with van der Waals surface area (Å²) >= 11 is 14.5. The van der Waals surface area contributed by atoms with E-state index < -0.39 is 5.82 Å². The number of anilines is 2. The predicted molar refractivity (Wildman–Crippen MR) is 111 cm³/mol. The lowest BCUT2D eigenvalue weighted by Gasteiger charge is -2.09. The topological polar surface area (TPSA) is 41.9 Å². The van der Waals surface area contributed by atoms with Gasteiger partial charge >= 0.3 is 0 Å². The van der Waals surface area contributed by atoms with Gasteiger partial charge in [0.2, 0.25) is 0 Å². The van der Waals surface area contributed by atoms with Crippen molar-refractivity contribution in [1.82, 2.24) is 9.78 Å². The number of thiocarbonyl (C=S) groups is 1. The molecule has 0 aliphatic carbocycles. The Morgan fingerprint density at radius 3 is 2.65 bits per heavy atom. The molecule has 0 amide bonds. The highest BCUT2D eigenvalue weighted by Crippen LogP contribution is 2.22. The Labute approximate surface area is 169 Å². The molecule has 3 aromatic rings. The van der Waals surface area contributed by atoms with Crippen LogP contribution in [0.3, 0.4) is 0 Å². The van der Waals surface area contributed by atoms with Crippen LogP contribution in [0.1, 0.15) is 11.1 Å². The minimum Gasteiger partial charge on any atom is -0.332 e. The summed E-state index contributed by atoms with van der Waals surface area (Å²) in [5, 5.41) is 10.8. The van der Waals surface area contributed by atoms with Crippen LogP contribution in [-0.4, -0.2) is 14.9 Å². The van der Waals surface area contributed by atoms with Crippen LogP contribution < -0.4 is 10.6 Å². The molecule has 1 heterocycles. The lowest BCUT2D eigenvalue weighted by atomic mass is 10.1. The molecule has 0 saturated heterocycles. The Hall–Kier alpha value is -1.96.